The summed E-state index contributed by atoms with van der Waals surface area (Å²) < 4.78 is 12.7. The number of hydrogen-bond acceptors (Lipinski definition) is 6. The van der Waals surface area contributed by atoms with E-state index in [0.717, 1.165) is 22.4 Å². The fraction of sp³-hybridized carbons (Fsp3) is 0.444. The van der Waals surface area contributed by atoms with Crippen molar-refractivity contribution in [2.24, 2.45) is 7.05 Å². The molecule has 3 aromatic rings. The predicted octanol–water partition coefficient (Wildman–Crippen LogP) is 3.03. The van der Waals surface area contributed by atoms with Gasteiger partial charge in [-0.25, -0.2) is 9.78 Å². The molecule has 2 aliphatic heterocycles. The molecule has 2 aromatic carbocycles. The summed E-state index contributed by atoms with van der Waals surface area (Å²) in [5.74, 6) is 1.58. The van der Waals surface area contributed by atoms with E-state index < -0.39 is 5.54 Å². The molecule has 1 spiro atoms. The van der Waals surface area contributed by atoms with Gasteiger partial charge in [-0.05, 0) is 42.7 Å². The molecule has 3 heterocycles. The predicted molar refractivity (Wildman–Crippen MR) is 135 cm³/mol. The largest absolute Gasteiger partial charge is 0.497 e. The van der Waals surface area contributed by atoms with Crippen LogP contribution >= 0.6 is 0 Å². The normalized spacial score (nSPS) is 18.1. The molecule has 0 N–H and O–H groups in total. The Kier molecular flexibility index (Phi) is 6.68. The van der Waals surface area contributed by atoms with Crippen molar-refractivity contribution in [3.05, 3.63) is 59.9 Å². The Labute approximate surface area is 211 Å². The number of urea groups is 1. The van der Waals surface area contributed by atoms with E-state index >= 15 is 0 Å². The number of fused-ring (bicyclic) bond motifs is 1. The van der Waals surface area contributed by atoms with Crippen molar-refractivity contribution < 1.29 is 19.1 Å². The summed E-state index contributed by atoms with van der Waals surface area (Å²) in [5, 5.41) is 0. The summed E-state index contributed by atoms with van der Waals surface area (Å²) in [6.07, 6.45) is 1.17. The number of para-hydroxylation sites is 2. The van der Waals surface area contributed by atoms with Gasteiger partial charge in [-0.15, -0.1) is 0 Å². The summed E-state index contributed by atoms with van der Waals surface area (Å²) in [7, 11) is 5.26. The highest BCUT2D eigenvalue weighted by Crippen LogP contribution is 2.38. The Bertz CT molecular complexity index is 1260. The van der Waals surface area contributed by atoms with Crippen molar-refractivity contribution >= 4 is 23.0 Å². The lowest BCUT2D eigenvalue weighted by atomic mass is 9.85. The zero-order valence-corrected chi connectivity index (χ0v) is 21.1. The van der Waals surface area contributed by atoms with Gasteiger partial charge in [-0.1, -0.05) is 24.3 Å². The molecule has 36 heavy (non-hydrogen) atoms. The van der Waals surface area contributed by atoms with Gasteiger partial charge in [0.25, 0.3) is 5.91 Å². The highest BCUT2D eigenvalue weighted by molar-refractivity contribution is 6.07. The third kappa shape index (κ3) is 4.22. The number of imidazole rings is 1. The van der Waals surface area contributed by atoms with Crippen molar-refractivity contribution in [1.29, 1.82) is 0 Å². The maximum atomic E-state index is 13.8. The van der Waals surface area contributed by atoms with Gasteiger partial charge in [0.1, 0.15) is 17.1 Å². The first-order valence-electron chi connectivity index (χ1n) is 12.3. The molecular weight excluding hydrogens is 458 g/mol. The van der Waals surface area contributed by atoms with Crippen LogP contribution < -0.4 is 4.74 Å². The summed E-state index contributed by atoms with van der Waals surface area (Å²) >= 11 is 0. The van der Waals surface area contributed by atoms with Crippen molar-refractivity contribution in [2.75, 3.05) is 40.5 Å². The lowest BCUT2D eigenvalue weighted by Crippen LogP contribution is -2.57. The maximum Gasteiger partial charge on any atom is 0.328 e. The lowest BCUT2D eigenvalue weighted by molar-refractivity contribution is -0.136. The highest BCUT2D eigenvalue weighted by atomic mass is 16.5. The number of nitrogens with zero attached hydrogens (tertiary/aromatic N) is 5. The van der Waals surface area contributed by atoms with E-state index in [2.05, 4.69) is 15.5 Å². The van der Waals surface area contributed by atoms with Crippen LogP contribution in [0, 0.1) is 0 Å². The standard InChI is InChI=1S/C27H33N5O4/c1-29-23-10-5-4-9-22(23)28-24(29)19-30-13-11-27(12-14-30)25(33)31(26(34)32(27)15-16-35-2)18-20-7-6-8-21(17-20)36-3/h4-10,17H,11-16,18-19H2,1-3H3. The van der Waals surface area contributed by atoms with Crippen LogP contribution in [-0.4, -0.2) is 82.2 Å². The van der Waals surface area contributed by atoms with Crippen LogP contribution in [0.15, 0.2) is 48.5 Å². The van der Waals surface area contributed by atoms with E-state index in [1.54, 1.807) is 19.1 Å². The molecule has 0 radical (unpaired) electrons. The third-order valence-corrected chi connectivity index (χ3v) is 7.54. The van der Waals surface area contributed by atoms with E-state index in [-0.39, 0.29) is 18.5 Å². The van der Waals surface area contributed by atoms with Crippen molar-refractivity contribution in [3.63, 3.8) is 0 Å². The Morgan fingerprint density at radius 3 is 2.50 bits per heavy atom. The molecule has 2 saturated heterocycles. The number of hydrogen-bond donors (Lipinski definition) is 0. The van der Waals surface area contributed by atoms with Gasteiger partial charge in [0, 0.05) is 33.8 Å². The van der Waals surface area contributed by atoms with Crippen LogP contribution in [-0.2, 0) is 29.7 Å². The van der Waals surface area contributed by atoms with Gasteiger partial charge >= 0.3 is 6.03 Å². The summed E-state index contributed by atoms with van der Waals surface area (Å²) in [6, 6.07) is 15.4. The fourth-order valence-corrected chi connectivity index (χ4v) is 5.47. The summed E-state index contributed by atoms with van der Waals surface area (Å²) in [5.41, 5.74) is 2.12. The summed E-state index contributed by atoms with van der Waals surface area (Å²) in [4.78, 5) is 37.6. The number of imide groups is 1. The van der Waals surface area contributed by atoms with Gasteiger partial charge in [-0.3, -0.25) is 14.6 Å². The molecule has 2 fully saturated rings. The first kappa shape index (κ1) is 24.3. The van der Waals surface area contributed by atoms with Crippen LogP contribution in [0.2, 0.25) is 0 Å². The number of carbonyl (C=O) groups excluding carboxylic acids is 2. The SMILES string of the molecule is COCCN1C(=O)N(Cc2cccc(OC)c2)C(=O)C12CCN(Cc1nc3ccccc3n1C)CC2. The third-order valence-electron chi connectivity index (χ3n) is 7.54. The number of likely N-dealkylation sites (tertiary alicyclic amines) is 1. The van der Waals surface area contributed by atoms with Crippen LogP contribution in [0.4, 0.5) is 4.79 Å². The van der Waals surface area contributed by atoms with Crippen molar-refractivity contribution in [2.45, 2.75) is 31.5 Å². The molecule has 1 aromatic heterocycles. The zero-order chi connectivity index (χ0) is 25.3. The molecule has 5 rings (SSSR count). The number of rotatable bonds is 8. The quantitative estimate of drug-likeness (QED) is 0.451. The first-order chi connectivity index (χ1) is 17.5. The molecular formula is C27H33N5O4. The van der Waals surface area contributed by atoms with E-state index in [9.17, 15) is 9.59 Å². The fourth-order valence-electron chi connectivity index (χ4n) is 5.47. The minimum absolute atomic E-state index is 0.117. The molecule has 190 valence electrons. The first-order valence-corrected chi connectivity index (χ1v) is 12.3. The molecule has 9 nitrogen and oxygen atoms in total. The second-order valence-corrected chi connectivity index (χ2v) is 9.55. The van der Waals surface area contributed by atoms with Gasteiger partial charge in [0.15, 0.2) is 0 Å². The lowest BCUT2D eigenvalue weighted by Gasteiger charge is -2.42. The van der Waals surface area contributed by atoms with Crippen molar-refractivity contribution in [3.8, 4) is 5.75 Å². The summed E-state index contributed by atoms with van der Waals surface area (Å²) in [6.45, 7) is 3.12. The number of ether oxygens (including phenoxy) is 2. The minimum Gasteiger partial charge on any atom is -0.497 e. The van der Waals surface area contributed by atoms with Gasteiger partial charge in [0.05, 0.1) is 37.8 Å². The van der Waals surface area contributed by atoms with Crippen molar-refractivity contribution in [1.82, 2.24) is 24.3 Å². The average Bonchev–Trinajstić information content (AvgIpc) is 3.31. The highest BCUT2D eigenvalue weighted by Gasteiger charge is 2.57. The van der Waals surface area contributed by atoms with Crippen LogP contribution in [0.1, 0.15) is 24.2 Å². The maximum absolute atomic E-state index is 13.8. The number of piperidine rings is 1. The van der Waals surface area contributed by atoms with Gasteiger partial charge in [-0.2, -0.15) is 0 Å². The smallest absolute Gasteiger partial charge is 0.328 e. The Morgan fingerprint density at radius 2 is 1.78 bits per heavy atom. The molecule has 9 heteroatoms. The molecule has 0 atom stereocenters. The minimum atomic E-state index is -0.836. The van der Waals surface area contributed by atoms with Gasteiger partial charge < -0.3 is 18.9 Å². The number of aryl methyl sites for hydroxylation is 1. The van der Waals surface area contributed by atoms with E-state index in [0.29, 0.717) is 51.4 Å². The van der Waals surface area contributed by atoms with E-state index in [4.69, 9.17) is 14.5 Å². The molecule has 2 aliphatic rings. The topological polar surface area (TPSA) is 80.1 Å². The second-order valence-electron chi connectivity index (χ2n) is 9.55. The monoisotopic (exact) mass is 491 g/mol. The molecule has 0 bridgehead atoms. The van der Waals surface area contributed by atoms with Crippen LogP contribution in [0.5, 0.6) is 5.75 Å². The molecule has 0 saturated carbocycles. The number of methoxy groups -OCH3 is 2. The van der Waals surface area contributed by atoms with Crippen LogP contribution in [0.3, 0.4) is 0 Å². The van der Waals surface area contributed by atoms with E-state index in [1.807, 2.05) is 49.5 Å². The molecule has 0 unspecified atom stereocenters. The van der Waals surface area contributed by atoms with Crippen LogP contribution in [0.25, 0.3) is 11.0 Å². The molecule has 3 amide bonds. The Balaban J connectivity index is 1.34. The second kappa shape index (κ2) is 9.91. The Hall–Kier alpha value is -3.43. The van der Waals surface area contributed by atoms with Gasteiger partial charge in [0.2, 0.25) is 0 Å². The van der Waals surface area contributed by atoms with E-state index in [1.165, 1.54) is 4.90 Å². The zero-order valence-electron chi connectivity index (χ0n) is 21.1. The number of carbonyl (C=O) groups is 2. The molecule has 0 aliphatic carbocycles. The number of benzene rings is 2. The Morgan fingerprint density at radius 1 is 1.00 bits per heavy atom. The number of amides is 3. The number of aromatic nitrogens is 2. The average molecular weight is 492 g/mol.